The number of carbonyl (C=O) groups is 1. The smallest absolute Gasteiger partial charge is 0.293 e. The molecule has 0 radical (unpaired) electrons. The number of rotatable bonds is 8. The number of nitrogens with one attached hydrogen (secondary N) is 3. The number of hydrogen-bond donors (Lipinski definition) is 3. The lowest BCUT2D eigenvalue weighted by molar-refractivity contribution is -0.116. The number of ether oxygens (including phenoxy) is 1. The maximum Gasteiger partial charge on any atom is 0.293 e. The Labute approximate surface area is 175 Å². The minimum atomic E-state index is -0.319. The van der Waals surface area contributed by atoms with Crippen LogP contribution >= 0.6 is 22.6 Å². The van der Waals surface area contributed by atoms with Crippen LogP contribution in [-0.4, -0.2) is 49.8 Å². The van der Waals surface area contributed by atoms with Crippen LogP contribution in [0, 0.1) is 14.4 Å². The van der Waals surface area contributed by atoms with E-state index in [4.69, 9.17) is 10.1 Å². The Kier molecular flexibility index (Phi) is 8.09. The molecule has 1 fully saturated rings. The fourth-order valence-corrected chi connectivity index (χ4v) is 3.13. The molecule has 0 spiro atoms. The predicted molar refractivity (Wildman–Crippen MR) is 118 cm³/mol. The summed E-state index contributed by atoms with van der Waals surface area (Å²) in [7, 11) is 0. The van der Waals surface area contributed by atoms with E-state index < -0.39 is 0 Å². The van der Waals surface area contributed by atoms with Gasteiger partial charge in [-0.25, -0.2) is 0 Å². The zero-order chi connectivity index (χ0) is 19.9. The zero-order valence-electron chi connectivity index (χ0n) is 16.3. The van der Waals surface area contributed by atoms with Gasteiger partial charge in [0.25, 0.3) is 5.91 Å². The van der Waals surface area contributed by atoms with Crippen molar-refractivity contribution >= 4 is 40.4 Å². The third-order valence-corrected chi connectivity index (χ3v) is 5.35. The number of amides is 1. The van der Waals surface area contributed by atoms with Crippen molar-refractivity contribution in [3.05, 3.63) is 39.3 Å². The Hall–Kier alpha value is -1.61. The van der Waals surface area contributed by atoms with Crippen LogP contribution in [-0.2, 0) is 9.53 Å². The van der Waals surface area contributed by atoms with E-state index in [1.54, 1.807) is 0 Å². The van der Waals surface area contributed by atoms with Crippen molar-refractivity contribution in [3.63, 3.8) is 0 Å². The molecule has 0 saturated carbocycles. The van der Waals surface area contributed by atoms with Gasteiger partial charge in [0.15, 0.2) is 0 Å². The molecule has 1 saturated heterocycles. The van der Waals surface area contributed by atoms with Gasteiger partial charge < -0.3 is 25.7 Å². The second kappa shape index (κ2) is 10.1. The number of benzene rings is 1. The Morgan fingerprint density at radius 1 is 1.41 bits per heavy atom. The van der Waals surface area contributed by atoms with Crippen LogP contribution in [0.3, 0.4) is 0 Å². The fourth-order valence-electron chi connectivity index (χ4n) is 2.59. The molecule has 1 aromatic rings. The first-order valence-electron chi connectivity index (χ1n) is 9.26. The third-order valence-electron chi connectivity index (χ3n) is 4.68. The number of nitrogens with zero attached hydrogens (tertiary/aromatic N) is 1. The number of halogens is 1. The van der Waals surface area contributed by atoms with Gasteiger partial charge in [0.2, 0.25) is 5.76 Å². The normalized spacial score (nSPS) is 15.8. The number of carbonyl (C=O) groups excluding carboxylic acids is 1. The van der Waals surface area contributed by atoms with Crippen LogP contribution in [0.25, 0.3) is 0 Å². The van der Waals surface area contributed by atoms with Crippen molar-refractivity contribution in [2.45, 2.75) is 27.2 Å². The van der Waals surface area contributed by atoms with E-state index in [-0.39, 0.29) is 17.1 Å². The van der Waals surface area contributed by atoms with Crippen molar-refractivity contribution in [3.8, 4) is 0 Å². The summed E-state index contributed by atoms with van der Waals surface area (Å²) in [6.07, 6.45) is 2.17. The Bertz CT molecular complexity index is 697. The summed E-state index contributed by atoms with van der Waals surface area (Å²) in [6.45, 7) is 9.87. The van der Waals surface area contributed by atoms with E-state index in [0.717, 1.165) is 36.2 Å². The van der Waals surface area contributed by atoms with Crippen molar-refractivity contribution in [1.29, 1.82) is 5.41 Å². The minimum Gasteiger partial charge on any atom is -0.486 e. The molecule has 27 heavy (non-hydrogen) atoms. The van der Waals surface area contributed by atoms with E-state index in [0.29, 0.717) is 18.0 Å². The zero-order valence-corrected chi connectivity index (χ0v) is 18.4. The fraction of sp³-hybridized carbons (Fsp3) is 0.500. The van der Waals surface area contributed by atoms with E-state index in [9.17, 15) is 4.79 Å². The summed E-state index contributed by atoms with van der Waals surface area (Å²) < 4.78 is 7.06. The lowest BCUT2D eigenvalue weighted by atomic mass is 9.92. The molecule has 3 N–H and O–H groups in total. The van der Waals surface area contributed by atoms with Gasteiger partial charge in [-0.05, 0) is 52.6 Å². The molecule has 1 heterocycles. The van der Waals surface area contributed by atoms with Gasteiger partial charge in [-0.2, -0.15) is 0 Å². The summed E-state index contributed by atoms with van der Waals surface area (Å²) in [5.74, 6) is -0.103. The predicted octanol–water partition coefficient (Wildman–Crippen LogP) is 3.45. The number of piperazine rings is 1. The van der Waals surface area contributed by atoms with Gasteiger partial charge in [-0.3, -0.25) is 4.79 Å². The molecular formula is C20H29IN4O2. The molecule has 7 heteroatoms. The summed E-state index contributed by atoms with van der Waals surface area (Å²) in [4.78, 5) is 15.1. The van der Waals surface area contributed by atoms with Crippen LogP contribution in [0.15, 0.2) is 35.7 Å². The van der Waals surface area contributed by atoms with Crippen LogP contribution in [0.1, 0.15) is 27.2 Å². The maximum atomic E-state index is 13.0. The van der Waals surface area contributed by atoms with E-state index in [1.807, 2.05) is 29.2 Å². The molecule has 0 atom stereocenters. The lowest BCUT2D eigenvalue weighted by Gasteiger charge is -2.32. The summed E-state index contributed by atoms with van der Waals surface area (Å²) >= 11 is 2.21. The van der Waals surface area contributed by atoms with Gasteiger partial charge in [0.1, 0.15) is 5.70 Å². The Balaban J connectivity index is 2.30. The van der Waals surface area contributed by atoms with E-state index >= 15 is 0 Å². The van der Waals surface area contributed by atoms with Gasteiger partial charge in [-0.15, -0.1) is 0 Å². The van der Waals surface area contributed by atoms with E-state index in [1.165, 1.54) is 6.21 Å². The molecule has 1 aromatic carbocycles. The second-order valence-corrected chi connectivity index (χ2v) is 8.61. The van der Waals surface area contributed by atoms with Crippen LogP contribution < -0.4 is 10.6 Å². The molecule has 1 amide bonds. The molecule has 0 aromatic heterocycles. The standard InChI is InChI=1S/C20H29IN4O2/c1-4-20(2,3)14-27-18(17(13-22)25-10-8-23-9-11-25)19(26)24-16-7-5-6-15(21)12-16/h5-7,12-13,22-23H,4,8-11,14H2,1-3H3,(H,24,26)/b18-17-,22-13?. The SMILES string of the molecule is CCC(C)(C)CO/C(C(=O)Nc1cccc(I)c1)=C(/C=N)N1CCNCC1. The topological polar surface area (TPSA) is 77.5 Å². The highest BCUT2D eigenvalue weighted by atomic mass is 127. The van der Waals surface area contributed by atoms with Crippen LogP contribution in [0.2, 0.25) is 0 Å². The first-order chi connectivity index (χ1) is 12.9. The molecule has 6 nitrogen and oxygen atoms in total. The molecule has 2 rings (SSSR count). The molecule has 0 unspecified atom stereocenters. The largest absolute Gasteiger partial charge is 0.486 e. The quantitative estimate of drug-likeness (QED) is 0.229. The summed E-state index contributed by atoms with van der Waals surface area (Å²) in [5, 5.41) is 14.1. The maximum absolute atomic E-state index is 13.0. The lowest BCUT2D eigenvalue weighted by Crippen LogP contribution is -2.44. The Morgan fingerprint density at radius 2 is 2.11 bits per heavy atom. The van der Waals surface area contributed by atoms with Gasteiger partial charge in [0, 0.05) is 41.7 Å². The highest BCUT2D eigenvalue weighted by molar-refractivity contribution is 14.1. The highest BCUT2D eigenvalue weighted by Gasteiger charge is 2.25. The number of hydrogen-bond acceptors (Lipinski definition) is 5. The first kappa shape index (κ1) is 21.7. The molecule has 0 bridgehead atoms. The van der Waals surface area contributed by atoms with Crippen molar-refractivity contribution in [2.75, 3.05) is 38.1 Å². The average Bonchev–Trinajstić information content (AvgIpc) is 2.65. The van der Waals surface area contributed by atoms with Crippen LogP contribution in [0.4, 0.5) is 5.69 Å². The van der Waals surface area contributed by atoms with Gasteiger partial charge in [-0.1, -0.05) is 26.8 Å². The van der Waals surface area contributed by atoms with Gasteiger partial charge >= 0.3 is 0 Å². The first-order valence-corrected chi connectivity index (χ1v) is 10.3. The second-order valence-electron chi connectivity index (χ2n) is 7.37. The average molecular weight is 484 g/mol. The highest BCUT2D eigenvalue weighted by Crippen LogP contribution is 2.23. The number of allylic oxidation sites excluding steroid dienone is 1. The Morgan fingerprint density at radius 3 is 2.70 bits per heavy atom. The third kappa shape index (κ3) is 6.49. The molecular weight excluding hydrogens is 455 g/mol. The van der Waals surface area contributed by atoms with Crippen LogP contribution in [0.5, 0.6) is 0 Å². The van der Waals surface area contributed by atoms with E-state index in [2.05, 4.69) is 54.0 Å². The minimum absolute atomic E-state index is 0.0513. The molecule has 0 aliphatic carbocycles. The van der Waals surface area contributed by atoms with Crippen molar-refractivity contribution < 1.29 is 9.53 Å². The monoisotopic (exact) mass is 484 g/mol. The molecule has 1 aliphatic heterocycles. The van der Waals surface area contributed by atoms with Gasteiger partial charge in [0.05, 0.1) is 6.61 Å². The van der Waals surface area contributed by atoms with Crippen molar-refractivity contribution in [2.24, 2.45) is 5.41 Å². The summed E-state index contributed by atoms with van der Waals surface area (Å²) in [5.41, 5.74) is 1.20. The molecule has 148 valence electrons. The van der Waals surface area contributed by atoms with Crippen molar-refractivity contribution in [1.82, 2.24) is 10.2 Å². The summed E-state index contributed by atoms with van der Waals surface area (Å²) in [6, 6.07) is 7.62. The number of anilines is 1. The molecule has 1 aliphatic rings.